The molecule has 5 heteroatoms. The number of carbonyl (C=O) groups is 1. The van der Waals surface area contributed by atoms with Crippen molar-refractivity contribution in [3.8, 4) is 11.4 Å². The highest BCUT2D eigenvalue weighted by molar-refractivity contribution is 5.70. The summed E-state index contributed by atoms with van der Waals surface area (Å²) in [6, 6.07) is 8.03. The molecular weight excluding hydrogens is 242 g/mol. The second kappa shape index (κ2) is 4.50. The first-order chi connectivity index (χ1) is 9.13. The van der Waals surface area contributed by atoms with E-state index in [4.69, 9.17) is 5.11 Å². The molecule has 19 heavy (non-hydrogen) atoms. The lowest BCUT2D eigenvalue weighted by Gasteiger charge is -2.17. The Bertz CT molecular complexity index is 616. The molecule has 98 valence electrons. The molecule has 0 saturated heterocycles. The molecule has 1 aliphatic rings. The molecule has 1 aromatic heterocycles. The molecule has 5 nitrogen and oxygen atoms in total. The number of nitrogens with zero attached hydrogens (tertiary/aromatic N) is 3. The molecule has 0 amide bonds. The fraction of sp³-hybridized carbons (Fsp3) is 0.357. The summed E-state index contributed by atoms with van der Waals surface area (Å²) in [6.07, 6.45) is 1.09. The van der Waals surface area contributed by atoms with Gasteiger partial charge in [0.1, 0.15) is 5.82 Å². The fourth-order valence-corrected chi connectivity index (χ4v) is 2.34. The maximum absolute atomic E-state index is 11.0. The maximum atomic E-state index is 11.0. The van der Waals surface area contributed by atoms with E-state index in [0.29, 0.717) is 25.2 Å². The lowest BCUT2D eigenvalue weighted by molar-refractivity contribution is -0.142. The summed E-state index contributed by atoms with van der Waals surface area (Å²) < 4.78 is 1.83. The monoisotopic (exact) mass is 257 g/mol. The number of carboxylic acids is 1. The minimum absolute atomic E-state index is 0.331. The number of aliphatic carboxylic acids is 1. The molecular formula is C14H15N3O2. The summed E-state index contributed by atoms with van der Waals surface area (Å²) in [5.41, 5.74) is 2.16. The van der Waals surface area contributed by atoms with Crippen LogP contribution in [0.2, 0.25) is 0 Å². The molecule has 2 heterocycles. The summed E-state index contributed by atoms with van der Waals surface area (Å²) in [5.74, 6) is 0.379. The zero-order valence-corrected chi connectivity index (χ0v) is 10.7. The largest absolute Gasteiger partial charge is 0.481 e. The van der Waals surface area contributed by atoms with Crippen LogP contribution in [-0.4, -0.2) is 25.8 Å². The van der Waals surface area contributed by atoms with E-state index in [0.717, 1.165) is 11.4 Å². The first-order valence-electron chi connectivity index (χ1n) is 6.37. The summed E-state index contributed by atoms with van der Waals surface area (Å²) in [5, 5.41) is 13.5. The van der Waals surface area contributed by atoms with Gasteiger partial charge in [-0.05, 0) is 13.3 Å². The Morgan fingerprint density at radius 2 is 2.11 bits per heavy atom. The van der Waals surface area contributed by atoms with E-state index in [-0.39, 0.29) is 5.92 Å². The van der Waals surface area contributed by atoms with E-state index in [1.807, 2.05) is 35.9 Å². The molecule has 0 radical (unpaired) electrons. The number of hydrogen-bond donors (Lipinski definition) is 1. The molecule has 0 fully saturated rings. The molecule has 1 aliphatic heterocycles. The van der Waals surface area contributed by atoms with Gasteiger partial charge in [0.05, 0.1) is 5.92 Å². The van der Waals surface area contributed by atoms with Gasteiger partial charge in [0.15, 0.2) is 5.82 Å². The van der Waals surface area contributed by atoms with Crippen molar-refractivity contribution >= 4 is 5.97 Å². The van der Waals surface area contributed by atoms with Gasteiger partial charge in [-0.2, -0.15) is 5.10 Å². The second-order valence-corrected chi connectivity index (χ2v) is 4.97. The molecule has 3 rings (SSSR count). The number of benzene rings is 1. The van der Waals surface area contributed by atoms with Crippen LogP contribution in [0.1, 0.15) is 17.8 Å². The van der Waals surface area contributed by atoms with E-state index in [2.05, 4.69) is 10.1 Å². The highest BCUT2D eigenvalue weighted by atomic mass is 16.4. The Hall–Kier alpha value is -2.17. The zero-order valence-electron chi connectivity index (χ0n) is 10.7. The SMILES string of the molecule is Cc1ccc(-c2nc3n(n2)CCC(C(=O)O)C3)cc1. The van der Waals surface area contributed by atoms with Crippen LogP contribution in [0.4, 0.5) is 0 Å². The van der Waals surface area contributed by atoms with Crippen LogP contribution >= 0.6 is 0 Å². The predicted octanol–water partition coefficient (Wildman–Crippen LogP) is 1.90. The average molecular weight is 257 g/mol. The molecule has 1 N–H and O–H groups in total. The molecule has 0 bridgehead atoms. The summed E-state index contributed by atoms with van der Waals surface area (Å²) in [7, 11) is 0. The standard InChI is InChI=1S/C14H15N3O2/c1-9-2-4-10(5-3-9)13-15-12-8-11(14(18)19)6-7-17(12)16-13/h2-5,11H,6-8H2,1H3,(H,18,19). The van der Waals surface area contributed by atoms with Crippen molar-refractivity contribution in [3.63, 3.8) is 0 Å². The second-order valence-electron chi connectivity index (χ2n) is 4.97. The van der Waals surface area contributed by atoms with Gasteiger partial charge in [-0.15, -0.1) is 0 Å². The van der Waals surface area contributed by atoms with Gasteiger partial charge in [-0.3, -0.25) is 4.79 Å². The summed E-state index contributed by atoms with van der Waals surface area (Å²) in [4.78, 5) is 15.5. The Morgan fingerprint density at radius 3 is 2.79 bits per heavy atom. The highest BCUT2D eigenvalue weighted by Gasteiger charge is 2.26. The normalized spacial score (nSPS) is 18.1. The smallest absolute Gasteiger partial charge is 0.307 e. The Morgan fingerprint density at radius 1 is 1.37 bits per heavy atom. The third kappa shape index (κ3) is 2.23. The first-order valence-corrected chi connectivity index (χ1v) is 6.37. The van der Waals surface area contributed by atoms with Crippen molar-refractivity contribution in [1.82, 2.24) is 14.8 Å². The Balaban J connectivity index is 1.91. The lowest BCUT2D eigenvalue weighted by Crippen LogP contribution is -2.26. The number of aromatic nitrogens is 3. The van der Waals surface area contributed by atoms with E-state index in [1.54, 1.807) is 0 Å². The lowest BCUT2D eigenvalue weighted by atomic mass is 9.98. The molecule has 0 aliphatic carbocycles. The number of aryl methyl sites for hydroxylation is 2. The van der Waals surface area contributed by atoms with Crippen molar-refractivity contribution in [2.45, 2.75) is 26.3 Å². The van der Waals surface area contributed by atoms with Crippen molar-refractivity contribution in [2.24, 2.45) is 5.92 Å². The van der Waals surface area contributed by atoms with E-state index < -0.39 is 5.97 Å². The fourth-order valence-electron chi connectivity index (χ4n) is 2.34. The van der Waals surface area contributed by atoms with E-state index >= 15 is 0 Å². The Labute approximate surface area is 110 Å². The topological polar surface area (TPSA) is 68.0 Å². The van der Waals surface area contributed by atoms with Crippen molar-refractivity contribution in [3.05, 3.63) is 35.7 Å². The van der Waals surface area contributed by atoms with Crippen molar-refractivity contribution in [1.29, 1.82) is 0 Å². The molecule has 2 aromatic rings. The van der Waals surface area contributed by atoms with Crippen molar-refractivity contribution < 1.29 is 9.90 Å². The van der Waals surface area contributed by atoms with Crippen LogP contribution in [0.3, 0.4) is 0 Å². The number of fused-ring (bicyclic) bond motifs is 1. The summed E-state index contributed by atoms with van der Waals surface area (Å²) in [6.45, 7) is 2.66. The van der Waals surface area contributed by atoms with Crippen LogP contribution in [0.5, 0.6) is 0 Å². The molecule has 0 spiro atoms. The van der Waals surface area contributed by atoms with Gasteiger partial charge in [0.2, 0.25) is 0 Å². The number of carboxylic acid groups (broad SMARTS) is 1. The van der Waals surface area contributed by atoms with Crippen LogP contribution in [-0.2, 0) is 17.8 Å². The average Bonchev–Trinajstić information content (AvgIpc) is 2.82. The van der Waals surface area contributed by atoms with Crippen LogP contribution in [0.25, 0.3) is 11.4 Å². The molecule has 1 atom stereocenters. The highest BCUT2D eigenvalue weighted by Crippen LogP contribution is 2.23. The first kappa shape index (κ1) is 11.9. The number of hydrogen-bond acceptors (Lipinski definition) is 3. The molecule has 1 unspecified atom stereocenters. The van der Waals surface area contributed by atoms with Gasteiger partial charge >= 0.3 is 5.97 Å². The summed E-state index contributed by atoms with van der Waals surface area (Å²) >= 11 is 0. The van der Waals surface area contributed by atoms with Gasteiger partial charge in [-0.1, -0.05) is 29.8 Å². The quantitative estimate of drug-likeness (QED) is 0.892. The van der Waals surface area contributed by atoms with Gasteiger partial charge in [-0.25, -0.2) is 9.67 Å². The zero-order chi connectivity index (χ0) is 13.4. The molecule has 0 saturated carbocycles. The number of rotatable bonds is 2. The predicted molar refractivity (Wildman–Crippen MR) is 69.6 cm³/mol. The van der Waals surface area contributed by atoms with Crippen LogP contribution in [0, 0.1) is 12.8 Å². The molecule has 1 aromatic carbocycles. The van der Waals surface area contributed by atoms with Gasteiger partial charge < -0.3 is 5.11 Å². The van der Waals surface area contributed by atoms with E-state index in [1.165, 1.54) is 5.56 Å². The maximum Gasteiger partial charge on any atom is 0.307 e. The van der Waals surface area contributed by atoms with E-state index in [9.17, 15) is 4.79 Å². The minimum Gasteiger partial charge on any atom is -0.481 e. The third-order valence-electron chi connectivity index (χ3n) is 3.53. The van der Waals surface area contributed by atoms with Gasteiger partial charge in [0.25, 0.3) is 0 Å². The van der Waals surface area contributed by atoms with Crippen LogP contribution in [0.15, 0.2) is 24.3 Å². The van der Waals surface area contributed by atoms with Crippen LogP contribution < -0.4 is 0 Å². The minimum atomic E-state index is -0.744. The van der Waals surface area contributed by atoms with Gasteiger partial charge in [0, 0.05) is 18.5 Å². The Kier molecular flexibility index (Phi) is 2.81. The van der Waals surface area contributed by atoms with Crippen molar-refractivity contribution in [2.75, 3.05) is 0 Å². The third-order valence-corrected chi connectivity index (χ3v) is 3.53.